The van der Waals surface area contributed by atoms with E-state index < -0.39 is 0 Å². The smallest absolute Gasteiger partial charge is 0.260 e. The molecule has 1 aromatic rings. The summed E-state index contributed by atoms with van der Waals surface area (Å²) in [5.41, 5.74) is 0.539. The molecule has 19 heavy (non-hydrogen) atoms. The molecule has 0 bridgehead atoms. The van der Waals surface area contributed by atoms with Crippen LogP contribution in [0.15, 0.2) is 24.3 Å². The number of Topliss-reactive ketones (excluding diaryl/α,β-unsaturated/α-hetero) is 1. The molecule has 0 atom stereocenters. The molecule has 0 saturated carbocycles. The second-order valence-corrected chi connectivity index (χ2v) is 4.20. The highest BCUT2D eigenvalue weighted by Gasteiger charge is 2.10. The average molecular weight is 284 g/mol. The molecule has 0 saturated heterocycles. The van der Waals surface area contributed by atoms with Gasteiger partial charge in [0.2, 0.25) is 0 Å². The van der Waals surface area contributed by atoms with E-state index in [0.717, 1.165) is 0 Å². The summed E-state index contributed by atoms with van der Waals surface area (Å²) in [4.78, 5) is 24.8. The van der Waals surface area contributed by atoms with E-state index in [1.54, 1.807) is 29.2 Å². The minimum absolute atomic E-state index is 0.00444. The summed E-state index contributed by atoms with van der Waals surface area (Å²) in [6.45, 7) is 5.19. The molecule has 1 aromatic carbocycles. The molecule has 5 heteroatoms. The van der Waals surface area contributed by atoms with Gasteiger partial charge in [0.05, 0.1) is 5.88 Å². The summed E-state index contributed by atoms with van der Waals surface area (Å²) in [5.74, 6) is 0.339. The van der Waals surface area contributed by atoms with Gasteiger partial charge in [0.15, 0.2) is 12.4 Å². The molecule has 1 rings (SSSR count). The first-order valence-corrected chi connectivity index (χ1v) is 6.75. The van der Waals surface area contributed by atoms with Gasteiger partial charge in [-0.3, -0.25) is 9.59 Å². The number of halogens is 1. The molecule has 0 N–H and O–H groups in total. The summed E-state index contributed by atoms with van der Waals surface area (Å²) >= 11 is 5.46. The van der Waals surface area contributed by atoms with Gasteiger partial charge in [-0.15, -0.1) is 11.6 Å². The van der Waals surface area contributed by atoms with Crippen molar-refractivity contribution in [2.24, 2.45) is 0 Å². The minimum atomic E-state index is -0.132. The average Bonchev–Trinajstić information content (AvgIpc) is 2.46. The largest absolute Gasteiger partial charge is 0.484 e. The van der Waals surface area contributed by atoms with Crippen LogP contribution in [0.1, 0.15) is 24.2 Å². The normalized spacial score (nSPS) is 10.1. The molecule has 0 aliphatic heterocycles. The van der Waals surface area contributed by atoms with E-state index in [9.17, 15) is 9.59 Å². The number of alkyl halides is 1. The fraction of sp³-hybridized carbons (Fsp3) is 0.429. The van der Waals surface area contributed by atoms with Gasteiger partial charge in [-0.25, -0.2) is 0 Å². The van der Waals surface area contributed by atoms with Crippen molar-refractivity contribution in [1.82, 2.24) is 4.90 Å². The third-order valence-corrected chi connectivity index (χ3v) is 3.02. The lowest BCUT2D eigenvalue weighted by Gasteiger charge is -2.18. The number of ketones is 1. The SMILES string of the molecule is CCN(CC)C(=O)COc1ccc(C(=O)CCl)cc1. The predicted molar refractivity (Wildman–Crippen MR) is 74.9 cm³/mol. The molecule has 0 heterocycles. The van der Waals surface area contributed by atoms with Gasteiger partial charge in [-0.2, -0.15) is 0 Å². The highest BCUT2D eigenvalue weighted by molar-refractivity contribution is 6.30. The van der Waals surface area contributed by atoms with Crippen molar-refractivity contribution >= 4 is 23.3 Å². The quantitative estimate of drug-likeness (QED) is 0.570. The number of benzene rings is 1. The van der Waals surface area contributed by atoms with Gasteiger partial charge in [-0.1, -0.05) is 0 Å². The van der Waals surface area contributed by atoms with Gasteiger partial charge in [0, 0.05) is 18.7 Å². The molecule has 0 fully saturated rings. The van der Waals surface area contributed by atoms with E-state index >= 15 is 0 Å². The van der Waals surface area contributed by atoms with Crippen molar-refractivity contribution in [3.63, 3.8) is 0 Å². The fourth-order valence-electron chi connectivity index (χ4n) is 1.63. The topological polar surface area (TPSA) is 46.6 Å². The molecule has 104 valence electrons. The van der Waals surface area contributed by atoms with Crippen molar-refractivity contribution in [2.45, 2.75) is 13.8 Å². The van der Waals surface area contributed by atoms with Crippen LogP contribution < -0.4 is 4.74 Å². The molecular formula is C14H18ClNO3. The number of rotatable bonds is 7. The van der Waals surface area contributed by atoms with Crippen molar-refractivity contribution < 1.29 is 14.3 Å². The Bertz CT molecular complexity index is 427. The number of amides is 1. The first-order valence-electron chi connectivity index (χ1n) is 6.22. The Hall–Kier alpha value is -1.55. The van der Waals surface area contributed by atoms with E-state index in [2.05, 4.69) is 0 Å². The van der Waals surface area contributed by atoms with E-state index in [4.69, 9.17) is 16.3 Å². The maximum atomic E-state index is 11.7. The van der Waals surface area contributed by atoms with Crippen LogP contribution in [-0.2, 0) is 4.79 Å². The number of hydrogen-bond acceptors (Lipinski definition) is 3. The number of carbonyl (C=O) groups excluding carboxylic acids is 2. The number of ether oxygens (including phenoxy) is 1. The van der Waals surface area contributed by atoms with E-state index in [1.807, 2.05) is 13.8 Å². The number of nitrogens with zero attached hydrogens (tertiary/aromatic N) is 1. The molecule has 0 aliphatic rings. The summed E-state index contributed by atoms with van der Waals surface area (Å²) in [6.07, 6.45) is 0. The van der Waals surface area contributed by atoms with Gasteiger partial charge in [0.1, 0.15) is 5.75 Å². The second-order valence-electron chi connectivity index (χ2n) is 3.94. The number of likely N-dealkylation sites (N-methyl/N-ethyl adjacent to an activating group) is 1. The summed E-state index contributed by atoms with van der Waals surface area (Å²) in [5, 5.41) is 0. The van der Waals surface area contributed by atoms with Gasteiger partial charge in [0.25, 0.3) is 5.91 Å². The Morgan fingerprint density at radius 1 is 1.16 bits per heavy atom. The first kappa shape index (κ1) is 15.5. The molecule has 0 spiro atoms. The Morgan fingerprint density at radius 2 is 1.74 bits per heavy atom. The Labute approximate surface area is 118 Å². The maximum absolute atomic E-state index is 11.7. The van der Waals surface area contributed by atoms with Crippen molar-refractivity contribution in [1.29, 1.82) is 0 Å². The van der Waals surface area contributed by atoms with Crippen LogP contribution in [0.2, 0.25) is 0 Å². The third-order valence-electron chi connectivity index (χ3n) is 2.78. The van der Waals surface area contributed by atoms with Crippen LogP contribution in [0.3, 0.4) is 0 Å². The Morgan fingerprint density at radius 3 is 2.21 bits per heavy atom. The third kappa shape index (κ3) is 4.56. The van der Waals surface area contributed by atoms with Crippen molar-refractivity contribution in [2.75, 3.05) is 25.6 Å². The predicted octanol–water partition coefficient (Wildman–Crippen LogP) is 2.36. The van der Waals surface area contributed by atoms with Crippen molar-refractivity contribution in [3.8, 4) is 5.75 Å². The Balaban J connectivity index is 2.54. The molecule has 4 nitrogen and oxygen atoms in total. The van der Waals surface area contributed by atoms with Gasteiger partial charge >= 0.3 is 0 Å². The molecule has 1 amide bonds. The van der Waals surface area contributed by atoms with Gasteiger partial charge in [-0.05, 0) is 38.1 Å². The van der Waals surface area contributed by atoms with E-state index in [0.29, 0.717) is 24.4 Å². The molecule has 0 aliphatic carbocycles. The Kier molecular flexibility index (Phi) is 6.36. The van der Waals surface area contributed by atoms with Gasteiger partial charge < -0.3 is 9.64 Å². The van der Waals surface area contributed by atoms with Crippen molar-refractivity contribution in [3.05, 3.63) is 29.8 Å². The molecule has 0 unspecified atom stereocenters. The minimum Gasteiger partial charge on any atom is -0.484 e. The standard InChI is InChI=1S/C14H18ClNO3/c1-3-16(4-2)14(18)10-19-12-7-5-11(6-8-12)13(17)9-15/h5-8H,3-4,9-10H2,1-2H3. The summed E-state index contributed by atoms with van der Waals surface area (Å²) < 4.78 is 5.39. The summed E-state index contributed by atoms with van der Waals surface area (Å²) in [7, 11) is 0. The van der Waals surface area contributed by atoms with Crippen LogP contribution in [0.4, 0.5) is 0 Å². The maximum Gasteiger partial charge on any atom is 0.260 e. The second kappa shape index (κ2) is 7.79. The molecular weight excluding hydrogens is 266 g/mol. The highest BCUT2D eigenvalue weighted by atomic mass is 35.5. The zero-order valence-electron chi connectivity index (χ0n) is 11.2. The van der Waals surface area contributed by atoms with Crippen LogP contribution in [0.25, 0.3) is 0 Å². The number of hydrogen-bond donors (Lipinski definition) is 0. The zero-order chi connectivity index (χ0) is 14.3. The zero-order valence-corrected chi connectivity index (χ0v) is 11.9. The van der Waals surface area contributed by atoms with E-state index in [1.165, 1.54) is 0 Å². The lowest BCUT2D eigenvalue weighted by atomic mass is 10.1. The monoisotopic (exact) mass is 283 g/mol. The molecule has 0 radical (unpaired) electrons. The first-order chi connectivity index (χ1) is 9.12. The van der Waals surface area contributed by atoms with Crippen LogP contribution in [0.5, 0.6) is 5.75 Å². The molecule has 0 aromatic heterocycles. The van der Waals surface area contributed by atoms with Crippen LogP contribution >= 0.6 is 11.6 Å². The lowest BCUT2D eigenvalue weighted by Crippen LogP contribution is -2.34. The fourth-order valence-corrected chi connectivity index (χ4v) is 1.78. The van der Waals surface area contributed by atoms with Crippen LogP contribution in [0, 0.1) is 0 Å². The lowest BCUT2D eigenvalue weighted by molar-refractivity contribution is -0.132. The number of carbonyl (C=O) groups is 2. The summed E-state index contributed by atoms with van der Waals surface area (Å²) in [6, 6.07) is 6.61. The highest BCUT2D eigenvalue weighted by Crippen LogP contribution is 2.13. The van der Waals surface area contributed by atoms with E-state index in [-0.39, 0.29) is 24.2 Å². The van der Waals surface area contributed by atoms with Crippen LogP contribution in [-0.4, -0.2) is 42.2 Å².